The number of methoxy groups -OCH3 is 2. The van der Waals surface area contributed by atoms with Gasteiger partial charge in [-0.2, -0.15) is 0 Å². The first-order valence-corrected chi connectivity index (χ1v) is 7.12. The predicted octanol–water partition coefficient (Wildman–Crippen LogP) is 2.84. The predicted molar refractivity (Wildman–Crippen MR) is 86.8 cm³/mol. The van der Waals surface area contributed by atoms with Gasteiger partial charge in [0.05, 0.1) is 20.6 Å². The van der Waals surface area contributed by atoms with Crippen molar-refractivity contribution in [1.82, 2.24) is 0 Å². The van der Waals surface area contributed by atoms with Crippen molar-refractivity contribution >= 4 is 5.97 Å². The topological polar surface area (TPSA) is 61.5 Å². The molecule has 0 radical (unpaired) electrons. The van der Waals surface area contributed by atoms with Gasteiger partial charge in [0.15, 0.2) is 0 Å². The molecule has 22 heavy (non-hydrogen) atoms. The Hall–Kier alpha value is -2.33. The zero-order valence-corrected chi connectivity index (χ0v) is 13.2. The van der Waals surface area contributed by atoms with Crippen LogP contribution in [-0.2, 0) is 22.5 Å². The molecule has 4 heteroatoms. The zero-order chi connectivity index (χ0) is 16.1. The monoisotopic (exact) mass is 299 g/mol. The highest BCUT2D eigenvalue weighted by atomic mass is 16.5. The van der Waals surface area contributed by atoms with Crippen molar-refractivity contribution < 1.29 is 14.3 Å². The fraction of sp³-hybridized carbons (Fsp3) is 0.278. The SMILES string of the molecule is COC(=O)Cc1ccc(OC)c(-c2ccc(C)cc2CN)c1. The van der Waals surface area contributed by atoms with E-state index >= 15 is 0 Å². The van der Waals surface area contributed by atoms with Crippen LogP contribution < -0.4 is 10.5 Å². The molecule has 0 unspecified atom stereocenters. The summed E-state index contributed by atoms with van der Waals surface area (Å²) in [4.78, 5) is 11.5. The van der Waals surface area contributed by atoms with Crippen LogP contribution in [0.2, 0.25) is 0 Å². The Kier molecular flexibility index (Phi) is 5.17. The minimum atomic E-state index is -0.265. The molecule has 2 N–H and O–H groups in total. The number of nitrogens with two attached hydrogens (primary N) is 1. The van der Waals surface area contributed by atoms with Crippen molar-refractivity contribution in [2.45, 2.75) is 19.9 Å². The highest BCUT2D eigenvalue weighted by Gasteiger charge is 2.12. The van der Waals surface area contributed by atoms with E-state index in [2.05, 4.69) is 6.07 Å². The molecule has 0 saturated carbocycles. The molecule has 0 aliphatic rings. The first kappa shape index (κ1) is 16.0. The van der Waals surface area contributed by atoms with E-state index in [1.165, 1.54) is 7.11 Å². The number of rotatable bonds is 5. The Morgan fingerprint density at radius 1 is 1.09 bits per heavy atom. The Balaban J connectivity index is 2.52. The molecule has 0 amide bonds. The Bertz CT molecular complexity index is 680. The molecule has 2 aromatic rings. The van der Waals surface area contributed by atoms with E-state index in [1.54, 1.807) is 7.11 Å². The van der Waals surface area contributed by atoms with Gasteiger partial charge in [-0.1, -0.05) is 29.8 Å². The number of carbonyl (C=O) groups is 1. The van der Waals surface area contributed by atoms with Gasteiger partial charge in [0.2, 0.25) is 0 Å². The molecule has 0 aliphatic heterocycles. The lowest BCUT2D eigenvalue weighted by Crippen LogP contribution is -2.05. The smallest absolute Gasteiger partial charge is 0.309 e. The van der Waals surface area contributed by atoms with Crippen LogP contribution in [-0.4, -0.2) is 20.2 Å². The quantitative estimate of drug-likeness (QED) is 0.862. The molecule has 0 spiro atoms. The molecule has 0 atom stereocenters. The van der Waals surface area contributed by atoms with Crippen LogP contribution in [0, 0.1) is 6.92 Å². The Morgan fingerprint density at radius 2 is 1.86 bits per heavy atom. The van der Waals surface area contributed by atoms with Crippen LogP contribution in [0.15, 0.2) is 36.4 Å². The molecule has 2 aromatic carbocycles. The van der Waals surface area contributed by atoms with Crippen LogP contribution >= 0.6 is 0 Å². The maximum atomic E-state index is 11.5. The minimum absolute atomic E-state index is 0.233. The zero-order valence-electron chi connectivity index (χ0n) is 13.2. The second-order valence-corrected chi connectivity index (χ2v) is 5.15. The maximum absolute atomic E-state index is 11.5. The second-order valence-electron chi connectivity index (χ2n) is 5.15. The average molecular weight is 299 g/mol. The normalized spacial score (nSPS) is 10.4. The van der Waals surface area contributed by atoms with Gasteiger partial charge in [0.25, 0.3) is 0 Å². The van der Waals surface area contributed by atoms with E-state index in [9.17, 15) is 4.79 Å². The summed E-state index contributed by atoms with van der Waals surface area (Å²) in [7, 11) is 3.02. The molecular formula is C18H21NO3. The molecule has 0 saturated heterocycles. The largest absolute Gasteiger partial charge is 0.496 e. The third-order valence-corrected chi connectivity index (χ3v) is 3.61. The van der Waals surface area contributed by atoms with Crippen molar-refractivity contribution in [3.8, 4) is 16.9 Å². The molecule has 0 bridgehead atoms. The number of esters is 1. The van der Waals surface area contributed by atoms with Crippen molar-refractivity contribution in [3.05, 3.63) is 53.1 Å². The fourth-order valence-electron chi connectivity index (χ4n) is 2.47. The van der Waals surface area contributed by atoms with Crippen LogP contribution in [0.25, 0.3) is 11.1 Å². The first-order chi connectivity index (χ1) is 10.6. The third kappa shape index (κ3) is 3.46. The number of benzene rings is 2. The van der Waals surface area contributed by atoms with Crippen molar-refractivity contribution in [2.75, 3.05) is 14.2 Å². The lowest BCUT2D eigenvalue weighted by molar-refractivity contribution is -0.139. The van der Waals surface area contributed by atoms with Crippen molar-refractivity contribution in [2.24, 2.45) is 5.73 Å². The van der Waals surface area contributed by atoms with E-state index in [-0.39, 0.29) is 12.4 Å². The molecule has 116 valence electrons. The molecule has 0 aromatic heterocycles. The fourth-order valence-corrected chi connectivity index (χ4v) is 2.47. The standard InChI is InChI=1S/C18H21NO3/c1-12-4-6-15(14(8-12)11-19)16-9-13(10-18(20)22-3)5-7-17(16)21-2/h4-9H,10-11,19H2,1-3H3. The lowest BCUT2D eigenvalue weighted by atomic mass is 9.95. The van der Waals surface area contributed by atoms with Crippen molar-refractivity contribution in [1.29, 1.82) is 0 Å². The van der Waals surface area contributed by atoms with Gasteiger partial charge in [-0.05, 0) is 35.7 Å². The molecule has 4 nitrogen and oxygen atoms in total. The van der Waals surface area contributed by atoms with Gasteiger partial charge in [0, 0.05) is 12.1 Å². The Morgan fingerprint density at radius 3 is 2.50 bits per heavy atom. The van der Waals surface area contributed by atoms with Gasteiger partial charge >= 0.3 is 5.97 Å². The molecule has 0 heterocycles. The number of hydrogen-bond acceptors (Lipinski definition) is 4. The molecule has 0 fully saturated rings. The minimum Gasteiger partial charge on any atom is -0.496 e. The van der Waals surface area contributed by atoms with Crippen LogP contribution in [0.1, 0.15) is 16.7 Å². The summed E-state index contributed by atoms with van der Waals surface area (Å²) in [5.74, 6) is 0.492. The van der Waals surface area contributed by atoms with E-state index < -0.39 is 0 Å². The summed E-state index contributed by atoms with van der Waals surface area (Å²) < 4.78 is 10.2. The molecule has 2 rings (SSSR count). The summed E-state index contributed by atoms with van der Waals surface area (Å²) >= 11 is 0. The first-order valence-electron chi connectivity index (χ1n) is 7.12. The van der Waals surface area contributed by atoms with Crippen molar-refractivity contribution in [3.63, 3.8) is 0 Å². The van der Waals surface area contributed by atoms with Crippen LogP contribution in [0.5, 0.6) is 5.75 Å². The molecule has 0 aliphatic carbocycles. The van der Waals surface area contributed by atoms with Gasteiger partial charge in [-0.3, -0.25) is 4.79 Å². The number of hydrogen-bond donors (Lipinski definition) is 1. The Labute approximate surface area is 130 Å². The van der Waals surface area contributed by atoms with Gasteiger partial charge < -0.3 is 15.2 Å². The maximum Gasteiger partial charge on any atom is 0.309 e. The lowest BCUT2D eigenvalue weighted by Gasteiger charge is -2.14. The van der Waals surface area contributed by atoms with Gasteiger partial charge in [-0.15, -0.1) is 0 Å². The number of aryl methyl sites for hydroxylation is 1. The third-order valence-electron chi connectivity index (χ3n) is 3.61. The van der Waals surface area contributed by atoms with E-state index in [0.717, 1.165) is 33.6 Å². The summed E-state index contributed by atoms with van der Waals surface area (Å²) in [5, 5.41) is 0. The van der Waals surface area contributed by atoms with Gasteiger partial charge in [-0.25, -0.2) is 0 Å². The number of ether oxygens (including phenoxy) is 2. The average Bonchev–Trinajstić information content (AvgIpc) is 2.54. The van der Waals surface area contributed by atoms with E-state index in [1.807, 2.05) is 37.3 Å². The molecular weight excluding hydrogens is 278 g/mol. The summed E-state index contributed by atoms with van der Waals surface area (Å²) in [6.07, 6.45) is 0.233. The van der Waals surface area contributed by atoms with E-state index in [0.29, 0.717) is 6.54 Å². The van der Waals surface area contributed by atoms with Gasteiger partial charge in [0.1, 0.15) is 5.75 Å². The highest BCUT2D eigenvalue weighted by Crippen LogP contribution is 2.33. The summed E-state index contributed by atoms with van der Waals surface area (Å²) in [6.45, 7) is 2.48. The van der Waals surface area contributed by atoms with E-state index in [4.69, 9.17) is 15.2 Å². The van der Waals surface area contributed by atoms with Crippen LogP contribution in [0.4, 0.5) is 0 Å². The van der Waals surface area contributed by atoms with Crippen LogP contribution in [0.3, 0.4) is 0 Å². The second kappa shape index (κ2) is 7.09. The number of carbonyl (C=O) groups excluding carboxylic acids is 1. The highest BCUT2D eigenvalue weighted by molar-refractivity contribution is 5.77. The summed E-state index contributed by atoms with van der Waals surface area (Å²) in [6, 6.07) is 11.9. The summed E-state index contributed by atoms with van der Waals surface area (Å²) in [5.41, 5.74) is 10.9.